The van der Waals surface area contributed by atoms with E-state index >= 15 is 0 Å². The Balaban J connectivity index is 1.29. The zero-order valence-corrected chi connectivity index (χ0v) is 28.4. The van der Waals surface area contributed by atoms with E-state index in [1.165, 1.54) is 38.4 Å². The van der Waals surface area contributed by atoms with Crippen LogP contribution >= 0.6 is 0 Å². The van der Waals surface area contributed by atoms with E-state index in [1.807, 2.05) is 0 Å². The number of furan rings is 1. The second-order valence-electron chi connectivity index (χ2n) is 13.3. The Kier molecular flexibility index (Phi) is 7.18. The Labute approximate surface area is 302 Å². The topological polar surface area (TPSA) is 16.4 Å². The molecule has 0 unspecified atom stereocenters. The van der Waals surface area contributed by atoms with Crippen molar-refractivity contribution >= 4 is 60.5 Å². The van der Waals surface area contributed by atoms with Crippen molar-refractivity contribution in [3.05, 3.63) is 200 Å². The first-order valence-electron chi connectivity index (χ1n) is 17.8. The van der Waals surface area contributed by atoms with E-state index in [0.29, 0.717) is 0 Å². The van der Waals surface area contributed by atoms with E-state index in [9.17, 15) is 0 Å². The van der Waals surface area contributed by atoms with Gasteiger partial charge in [0.1, 0.15) is 5.58 Å². The lowest BCUT2D eigenvalue weighted by Crippen LogP contribution is -2.10. The van der Waals surface area contributed by atoms with Crippen molar-refractivity contribution in [1.29, 1.82) is 0 Å². The van der Waals surface area contributed by atoms with Crippen LogP contribution in [-0.2, 0) is 0 Å². The highest BCUT2D eigenvalue weighted by molar-refractivity contribution is 6.21. The fourth-order valence-electron chi connectivity index (χ4n) is 7.68. The number of hydrogen-bond donors (Lipinski definition) is 0. The van der Waals surface area contributed by atoms with Gasteiger partial charge in [-0.2, -0.15) is 0 Å². The van der Waals surface area contributed by atoms with Gasteiger partial charge < -0.3 is 9.32 Å². The minimum Gasteiger partial charge on any atom is -0.453 e. The molecule has 1 heterocycles. The second-order valence-corrected chi connectivity index (χ2v) is 13.3. The summed E-state index contributed by atoms with van der Waals surface area (Å²) in [7, 11) is 0. The van der Waals surface area contributed by atoms with Gasteiger partial charge in [0.15, 0.2) is 5.58 Å². The molecule has 0 radical (unpaired) electrons. The van der Waals surface area contributed by atoms with E-state index < -0.39 is 0 Å². The van der Waals surface area contributed by atoms with Crippen molar-refractivity contribution in [2.45, 2.75) is 0 Å². The van der Waals surface area contributed by atoms with Gasteiger partial charge in [-0.3, -0.25) is 0 Å². The number of rotatable bonds is 6. The number of anilines is 3. The summed E-state index contributed by atoms with van der Waals surface area (Å²) >= 11 is 0. The van der Waals surface area contributed by atoms with Crippen molar-refractivity contribution in [3.63, 3.8) is 0 Å². The Hall–Kier alpha value is -6.90. The zero-order valence-electron chi connectivity index (χ0n) is 28.4. The largest absolute Gasteiger partial charge is 0.453 e. The Morgan fingerprint density at radius 1 is 0.308 bits per heavy atom. The molecule has 0 saturated heterocycles. The van der Waals surface area contributed by atoms with Gasteiger partial charge in [-0.1, -0.05) is 158 Å². The summed E-state index contributed by atoms with van der Waals surface area (Å²) in [6.45, 7) is 0. The minimum atomic E-state index is 0.852. The first kappa shape index (κ1) is 30.0. The zero-order chi connectivity index (χ0) is 34.4. The smallest absolute Gasteiger partial charge is 0.159 e. The SMILES string of the molecule is c1ccc(-c2ccc(N(c3ccc4ccccc4c3)c3cc(-c4ccccc4)cc4c3oc3c5ccccc5c(-c5ccccc5)cc43)cc2)cc1. The molecule has 2 nitrogen and oxygen atoms in total. The molecule has 0 N–H and O–H groups in total. The predicted octanol–water partition coefficient (Wildman–Crippen LogP) is 14.4. The maximum atomic E-state index is 7.14. The summed E-state index contributed by atoms with van der Waals surface area (Å²) < 4.78 is 7.14. The third-order valence-electron chi connectivity index (χ3n) is 10.2. The van der Waals surface area contributed by atoms with E-state index in [1.54, 1.807) is 0 Å². The number of hydrogen-bond acceptors (Lipinski definition) is 2. The summed E-state index contributed by atoms with van der Waals surface area (Å²) in [6, 6.07) is 71.6. The van der Waals surface area contributed by atoms with Gasteiger partial charge in [0, 0.05) is 27.5 Å². The van der Waals surface area contributed by atoms with Crippen LogP contribution in [0.5, 0.6) is 0 Å². The molecule has 1 aromatic heterocycles. The molecule has 0 saturated carbocycles. The van der Waals surface area contributed by atoms with Crippen LogP contribution in [0.25, 0.3) is 76.9 Å². The highest BCUT2D eigenvalue weighted by Gasteiger charge is 2.23. The van der Waals surface area contributed by atoms with E-state index in [2.05, 4.69) is 205 Å². The van der Waals surface area contributed by atoms with Crippen LogP contribution in [0, 0.1) is 0 Å². The van der Waals surface area contributed by atoms with E-state index in [-0.39, 0.29) is 0 Å². The highest BCUT2D eigenvalue weighted by Crippen LogP contribution is 2.47. The fraction of sp³-hybridized carbons (Fsp3) is 0. The maximum absolute atomic E-state index is 7.14. The molecule has 0 aliphatic heterocycles. The normalized spacial score (nSPS) is 11.5. The maximum Gasteiger partial charge on any atom is 0.159 e. The summed E-state index contributed by atoms with van der Waals surface area (Å²) in [4.78, 5) is 2.36. The van der Waals surface area contributed by atoms with Crippen LogP contribution in [0.4, 0.5) is 17.1 Å². The average Bonchev–Trinajstić information content (AvgIpc) is 3.61. The van der Waals surface area contributed by atoms with Crippen molar-refractivity contribution in [3.8, 4) is 33.4 Å². The van der Waals surface area contributed by atoms with Crippen LogP contribution in [0.3, 0.4) is 0 Å². The van der Waals surface area contributed by atoms with Crippen molar-refractivity contribution < 1.29 is 4.42 Å². The third kappa shape index (κ3) is 5.12. The standard InChI is InChI=1S/C50H33NO/c1-4-14-34(15-5-1)37-24-27-41(28-25-37)51(42-29-26-36-18-10-11-21-39(36)30-42)48-32-40(35-16-6-2-7-17-35)31-46-47-33-45(38-19-8-3-9-20-38)43-22-12-13-23-44(43)49(47)52-50(46)48/h1-33H. The van der Waals surface area contributed by atoms with Crippen LogP contribution in [0.15, 0.2) is 205 Å². The molecule has 0 aliphatic carbocycles. The molecule has 2 heteroatoms. The first-order chi connectivity index (χ1) is 25.8. The number of nitrogens with zero attached hydrogens (tertiary/aromatic N) is 1. The number of benzene rings is 9. The minimum absolute atomic E-state index is 0.852. The number of fused-ring (bicyclic) bond motifs is 6. The summed E-state index contributed by atoms with van der Waals surface area (Å²) in [6.07, 6.45) is 0. The predicted molar refractivity (Wildman–Crippen MR) is 220 cm³/mol. The van der Waals surface area contributed by atoms with Crippen molar-refractivity contribution in [1.82, 2.24) is 0 Å². The lowest BCUT2D eigenvalue weighted by atomic mass is 9.94. The molecule has 0 spiro atoms. The van der Waals surface area contributed by atoms with Gasteiger partial charge in [-0.25, -0.2) is 0 Å². The second kappa shape index (κ2) is 12.5. The lowest BCUT2D eigenvalue weighted by Gasteiger charge is -2.27. The third-order valence-corrected chi connectivity index (χ3v) is 10.2. The molecule has 0 bridgehead atoms. The molecule has 9 aromatic carbocycles. The van der Waals surface area contributed by atoms with Crippen LogP contribution in [-0.4, -0.2) is 0 Å². The summed E-state index contributed by atoms with van der Waals surface area (Å²) in [5.74, 6) is 0. The Bertz CT molecular complexity index is 2870. The van der Waals surface area contributed by atoms with Crippen LogP contribution in [0.2, 0.25) is 0 Å². The molecule has 0 fully saturated rings. The molecular weight excluding hydrogens is 631 g/mol. The van der Waals surface area contributed by atoms with Gasteiger partial charge in [0.05, 0.1) is 5.69 Å². The summed E-state index contributed by atoms with van der Waals surface area (Å²) in [5, 5.41) is 6.85. The Morgan fingerprint density at radius 2 is 0.846 bits per heavy atom. The molecule has 10 rings (SSSR count). The molecular formula is C50H33NO. The highest BCUT2D eigenvalue weighted by atomic mass is 16.3. The summed E-state index contributed by atoms with van der Waals surface area (Å²) in [5.41, 5.74) is 11.9. The average molecular weight is 664 g/mol. The quantitative estimate of drug-likeness (QED) is 0.176. The van der Waals surface area contributed by atoms with Gasteiger partial charge in [0.2, 0.25) is 0 Å². The van der Waals surface area contributed by atoms with Crippen molar-refractivity contribution in [2.24, 2.45) is 0 Å². The monoisotopic (exact) mass is 663 g/mol. The van der Waals surface area contributed by atoms with E-state index in [4.69, 9.17) is 4.42 Å². The van der Waals surface area contributed by atoms with E-state index in [0.717, 1.165) is 55.5 Å². The lowest BCUT2D eigenvalue weighted by molar-refractivity contribution is 0.673. The molecule has 0 amide bonds. The van der Waals surface area contributed by atoms with Gasteiger partial charge in [-0.05, 0) is 92.0 Å². The molecule has 0 aliphatic rings. The molecule has 244 valence electrons. The molecule has 0 atom stereocenters. The van der Waals surface area contributed by atoms with Crippen LogP contribution in [0.1, 0.15) is 0 Å². The van der Waals surface area contributed by atoms with Crippen molar-refractivity contribution in [2.75, 3.05) is 4.90 Å². The fourth-order valence-corrected chi connectivity index (χ4v) is 7.68. The van der Waals surface area contributed by atoms with Gasteiger partial charge in [-0.15, -0.1) is 0 Å². The first-order valence-corrected chi connectivity index (χ1v) is 17.8. The van der Waals surface area contributed by atoms with Gasteiger partial charge >= 0.3 is 0 Å². The Morgan fingerprint density at radius 3 is 1.56 bits per heavy atom. The van der Waals surface area contributed by atoms with Gasteiger partial charge in [0.25, 0.3) is 0 Å². The molecule has 10 aromatic rings. The van der Waals surface area contributed by atoms with Crippen LogP contribution < -0.4 is 4.90 Å². The molecule has 52 heavy (non-hydrogen) atoms.